The molecule has 0 saturated heterocycles. The smallest absolute Gasteiger partial charge is 0.339 e. The van der Waals surface area contributed by atoms with E-state index in [4.69, 9.17) is 0 Å². The van der Waals surface area contributed by atoms with Gasteiger partial charge in [0.1, 0.15) is 5.56 Å². The summed E-state index contributed by atoms with van der Waals surface area (Å²) in [6.45, 7) is 3.39. The number of carbonyl (C=O) groups is 2. The van der Waals surface area contributed by atoms with Crippen LogP contribution >= 0.6 is 0 Å². The van der Waals surface area contributed by atoms with Gasteiger partial charge in [-0.3, -0.25) is 9.59 Å². The van der Waals surface area contributed by atoms with E-state index in [9.17, 15) is 14.4 Å². The molecular formula is C17H18N2O4. The standard InChI is InChI=1S/C17H18N2O4/c1-10(12-7-5-4-6-8-12)18-15(20)14-9-13(17(22)23-3)11(2)19-16(14)21/h4-10H,1-3H3,(H,18,20)(H,19,21)/t10-/m1/s1. The van der Waals surface area contributed by atoms with E-state index in [-0.39, 0.29) is 17.2 Å². The van der Waals surface area contributed by atoms with Crippen molar-refractivity contribution in [1.82, 2.24) is 10.3 Å². The molecule has 120 valence electrons. The zero-order valence-corrected chi connectivity index (χ0v) is 13.2. The molecule has 6 heteroatoms. The first-order chi connectivity index (χ1) is 10.9. The van der Waals surface area contributed by atoms with Crippen LogP contribution in [-0.2, 0) is 4.74 Å². The van der Waals surface area contributed by atoms with Crippen LogP contribution in [0.25, 0.3) is 0 Å². The highest BCUT2D eigenvalue weighted by Gasteiger charge is 2.19. The molecule has 0 aliphatic carbocycles. The first-order valence-electron chi connectivity index (χ1n) is 7.12. The van der Waals surface area contributed by atoms with Crippen LogP contribution in [0.5, 0.6) is 0 Å². The van der Waals surface area contributed by atoms with Crippen LogP contribution in [0, 0.1) is 6.92 Å². The predicted molar refractivity (Wildman–Crippen MR) is 85.5 cm³/mol. The summed E-state index contributed by atoms with van der Waals surface area (Å²) in [5, 5.41) is 2.75. The molecular weight excluding hydrogens is 296 g/mol. The van der Waals surface area contributed by atoms with Crippen LogP contribution in [0.15, 0.2) is 41.2 Å². The number of methoxy groups -OCH3 is 1. The number of H-pyrrole nitrogens is 1. The number of carbonyl (C=O) groups excluding carboxylic acids is 2. The van der Waals surface area contributed by atoms with Crippen molar-refractivity contribution >= 4 is 11.9 Å². The number of nitrogens with one attached hydrogen (secondary N) is 2. The van der Waals surface area contributed by atoms with Gasteiger partial charge in [0, 0.05) is 5.69 Å². The molecule has 2 aromatic rings. The minimum Gasteiger partial charge on any atom is -0.465 e. The molecule has 0 aliphatic rings. The van der Waals surface area contributed by atoms with Crippen LogP contribution in [0.3, 0.4) is 0 Å². The van der Waals surface area contributed by atoms with Gasteiger partial charge in [-0.05, 0) is 25.5 Å². The summed E-state index contributed by atoms with van der Waals surface area (Å²) in [7, 11) is 1.24. The van der Waals surface area contributed by atoms with Gasteiger partial charge in [-0.15, -0.1) is 0 Å². The molecule has 0 fully saturated rings. The van der Waals surface area contributed by atoms with Gasteiger partial charge in [0.25, 0.3) is 11.5 Å². The highest BCUT2D eigenvalue weighted by molar-refractivity contribution is 5.98. The molecule has 1 atom stereocenters. The number of aromatic nitrogens is 1. The van der Waals surface area contributed by atoms with Crippen molar-refractivity contribution in [3.05, 3.63) is 69.1 Å². The topological polar surface area (TPSA) is 88.3 Å². The SMILES string of the molecule is COC(=O)c1cc(C(=O)N[C@H](C)c2ccccc2)c(=O)[nH]c1C. The fourth-order valence-electron chi connectivity index (χ4n) is 2.21. The van der Waals surface area contributed by atoms with Crippen LogP contribution in [0.2, 0.25) is 0 Å². The van der Waals surface area contributed by atoms with E-state index >= 15 is 0 Å². The summed E-state index contributed by atoms with van der Waals surface area (Å²) in [4.78, 5) is 38.5. The zero-order chi connectivity index (χ0) is 17.0. The summed E-state index contributed by atoms with van der Waals surface area (Å²) in [5.41, 5.74) is 0.753. The van der Waals surface area contributed by atoms with Gasteiger partial charge in [0.05, 0.1) is 18.7 Å². The Morgan fingerprint density at radius 2 is 1.83 bits per heavy atom. The number of ether oxygens (including phenoxy) is 1. The van der Waals surface area contributed by atoms with E-state index in [0.717, 1.165) is 5.56 Å². The lowest BCUT2D eigenvalue weighted by Gasteiger charge is -2.14. The first-order valence-corrected chi connectivity index (χ1v) is 7.12. The second kappa shape index (κ2) is 6.91. The van der Waals surface area contributed by atoms with E-state index < -0.39 is 17.4 Å². The summed E-state index contributed by atoms with van der Waals surface area (Å²) in [6, 6.07) is 10.4. The van der Waals surface area contributed by atoms with Crippen LogP contribution < -0.4 is 10.9 Å². The van der Waals surface area contributed by atoms with E-state index in [1.165, 1.54) is 13.2 Å². The molecule has 1 aromatic heterocycles. The zero-order valence-electron chi connectivity index (χ0n) is 13.2. The van der Waals surface area contributed by atoms with Gasteiger partial charge in [-0.25, -0.2) is 4.79 Å². The first kappa shape index (κ1) is 16.5. The number of esters is 1. The van der Waals surface area contributed by atoms with Gasteiger partial charge in [0.15, 0.2) is 0 Å². The molecule has 2 N–H and O–H groups in total. The van der Waals surface area contributed by atoms with E-state index in [1.807, 2.05) is 37.3 Å². The summed E-state index contributed by atoms with van der Waals surface area (Å²) >= 11 is 0. The molecule has 0 unspecified atom stereocenters. The number of aromatic amines is 1. The van der Waals surface area contributed by atoms with Crippen molar-refractivity contribution in [2.45, 2.75) is 19.9 Å². The molecule has 6 nitrogen and oxygen atoms in total. The Morgan fingerprint density at radius 1 is 1.17 bits per heavy atom. The van der Waals surface area contributed by atoms with E-state index in [1.54, 1.807) is 6.92 Å². The number of pyridine rings is 1. The lowest BCUT2D eigenvalue weighted by atomic mass is 10.1. The maximum atomic E-state index is 12.3. The highest BCUT2D eigenvalue weighted by atomic mass is 16.5. The molecule has 2 rings (SSSR count). The van der Waals surface area contributed by atoms with E-state index in [0.29, 0.717) is 5.69 Å². The maximum Gasteiger partial charge on any atom is 0.339 e. The average molecular weight is 314 g/mol. The molecule has 0 spiro atoms. The largest absolute Gasteiger partial charge is 0.465 e. The second-order valence-corrected chi connectivity index (χ2v) is 5.15. The van der Waals surface area contributed by atoms with Crippen molar-refractivity contribution in [3.63, 3.8) is 0 Å². The van der Waals surface area contributed by atoms with E-state index in [2.05, 4.69) is 15.0 Å². The molecule has 1 aromatic carbocycles. The Labute approximate surface area is 133 Å². The van der Waals surface area contributed by atoms with Crippen molar-refractivity contribution in [2.24, 2.45) is 0 Å². The van der Waals surface area contributed by atoms with Gasteiger partial charge < -0.3 is 15.0 Å². The normalized spacial score (nSPS) is 11.6. The van der Waals surface area contributed by atoms with Gasteiger partial charge in [-0.1, -0.05) is 30.3 Å². The Morgan fingerprint density at radius 3 is 2.43 bits per heavy atom. The molecule has 0 radical (unpaired) electrons. The van der Waals surface area contributed by atoms with Crippen molar-refractivity contribution < 1.29 is 14.3 Å². The quantitative estimate of drug-likeness (QED) is 0.844. The number of rotatable bonds is 4. The number of amides is 1. The summed E-state index contributed by atoms with van der Waals surface area (Å²) in [5.74, 6) is -1.16. The van der Waals surface area contributed by atoms with Crippen molar-refractivity contribution in [2.75, 3.05) is 7.11 Å². The lowest BCUT2D eigenvalue weighted by Crippen LogP contribution is -2.32. The Bertz CT molecular complexity index is 781. The third kappa shape index (κ3) is 3.66. The highest BCUT2D eigenvalue weighted by Crippen LogP contribution is 2.12. The number of aryl methyl sites for hydroxylation is 1. The molecule has 0 aliphatic heterocycles. The summed E-state index contributed by atoms with van der Waals surface area (Å²) in [6.07, 6.45) is 0. The number of hydrogen-bond acceptors (Lipinski definition) is 4. The van der Waals surface area contributed by atoms with Gasteiger partial charge in [-0.2, -0.15) is 0 Å². The fourth-order valence-corrected chi connectivity index (χ4v) is 2.21. The molecule has 0 bridgehead atoms. The van der Waals surface area contributed by atoms with Crippen LogP contribution in [0.4, 0.5) is 0 Å². The van der Waals surface area contributed by atoms with Gasteiger partial charge in [0.2, 0.25) is 0 Å². The number of hydrogen-bond donors (Lipinski definition) is 2. The minimum atomic E-state index is -0.607. The fraction of sp³-hybridized carbons (Fsp3) is 0.235. The Balaban J connectivity index is 2.29. The monoisotopic (exact) mass is 314 g/mol. The molecule has 1 heterocycles. The molecule has 0 saturated carbocycles. The van der Waals surface area contributed by atoms with Crippen molar-refractivity contribution in [1.29, 1.82) is 0 Å². The second-order valence-electron chi connectivity index (χ2n) is 5.15. The average Bonchev–Trinajstić information content (AvgIpc) is 2.54. The maximum absolute atomic E-state index is 12.3. The minimum absolute atomic E-state index is 0.126. The Hall–Kier alpha value is -2.89. The van der Waals surface area contributed by atoms with Crippen LogP contribution in [-0.4, -0.2) is 24.0 Å². The van der Waals surface area contributed by atoms with Crippen molar-refractivity contribution in [3.8, 4) is 0 Å². The third-order valence-electron chi connectivity index (χ3n) is 3.54. The predicted octanol–water partition coefficient (Wildman–Crippen LogP) is 1.96. The van der Waals surface area contributed by atoms with Gasteiger partial charge >= 0.3 is 5.97 Å². The Kier molecular flexibility index (Phi) is 4.95. The summed E-state index contributed by atoms with van der Waals surface area (Å²) < 4.78 is 4.65. The number of benzene rings is 1. The third-order valence-corrected chi connectivity index (χ3v) is 3.54. The van der Waals surface area contributed by atoms with Crippen LogP contribution in [0.1, 0.15) is 44.9 Å². The molecule has 23 heavy (non-hydrogen) atoms. The lowest BCUT2D eigenvalue weighted by molar-refractivity contribution is 0.0599. The molecule has 1 amide bonds.